The van der Waals surface area contributed by atoms with E-state index in [1.807, 2.05) is 19.2 Å². The second kappa shape index (κ2) is 6.73. The van der Waals surface area contributed by atoms with E-state index in [2.05, 4.69) is 5.32 Å². The Balaban J connectivity index is 2.13. The van der Waals surface area contributed by atoms with Crippen LogP contribution >= 0.6 is 0 Å². The molecule has 3 rings (SSSR count). The molecule has 0 aliphatic heterocycles. The molecule has 5 nitrogen and oxygen atoms in total. The maximum Gasteiger partial charge on any atom is 0.162 e. The number of nitrogens with one attached hydrogen (secondary N) is 1. The van der Waals surface area contributed by atoms with E-state index in [9.17, 15) is 9.90 Å². The average Bonchev–Trinajstić information content (AvgIpc) is 2.59. The van der Waals surface area contributed by atoms with E-state index >= 15 is 0 Å². The van der Waals surface area contributed by atoms with Crippen LogP contribution in [0.25, 0.3) is 0 Å². The van der Waals surface area contributed by atoms with Crippen molar-refractivity contribution in [1.29, 1.82) is 0 Å². The Bertz CT molecular complexity index is 630. The van der Waals surface area contributed by atoms with Gasteiger partial charge >= 0.3 is 0 Å². The molecule has 0 saturated heterocycles. The van der Waals surface area contributed by atoms with Crippen molar-refractivity contribution in [2.75, 3.05) is 27.8 Å². The molecule has 3 atom stereocenters. The van der Waals surface area contributed by atoms with Crippen LogP contribution in [0.4, 0.5) is 0 Å². The number of rotatable bonds is 5. The number of phenols is 1. The van der Waals surface area contributed by atoms with Crippen molar-refractivity contribution >= 4 is 5.78 Å². The number of phenolic OH excluding ortho intramolecular Hbond substituents is 1. The first-order valence-corrected chi connectivity index (χ1v) is 8.66. The van der Waals surface area contributed by atoms with Crippen LogP contribution < -0.4 is 10.1 Å². The number of hydrogen-bond donors (Lipinski definition) is 2. The first-order chi connectivity index (χ1) is 11.6. The van der Waals surface area contributed by atoms with E-state index in [0.29, 0.717) is 18.1 Å². The van der Waals surface area contributed by atoms with Gasteiger partial charge in [0.2, 0.25) is 0 Å². The molecule has 24 heavy (non-hydrogen) atoms. The lowest BCUT2D eigenvalue weighted by atomic mass is 9.54. The van der Waals surface area contributed by atoms with Crippen molar-refractivity contribution in [2.45, 2.75) is 43.6 Å². The van der Waals surface area contributed by atoms with Gasteiger partial charge in [0.1, 0.15) is 6.10 Å². The smallest absolute Gasteiger partial charge is 0.162 e. The lowest BCUT2D eigenvalue weighted by Gasteiger charge is -2.50. The first-order valence-electron chi connectivity index (χ1n) is 8.66. The van der Waals surface area contributed by atoms with Crippen LogP contribution in [0.3, 0.4) is 0 Å². The highest BCUT2D eigenvalue weighted by Crippen LogP contribution is 2.55. The predicted octanol–water partition coefficient (Wildman–Crippen LogP) is 2.19. The van der Waals surface area contributed by atoms with Crippen molar-refractivity contribution in [2.24, 2.45) is 5.92 Å². The molecule has 0 bridgehead atoms. The molecule has 2 N–H and O–H groups in total. The minimum Gasteiger partial charge on any atom is -0.504 e. The van der Waals surface area contributed by atoms with Gasteiger partial charge in [-0.3, -0.25) is 4.79 Å². The summed E-state index contributed by atoms with van der Waals surface area (Å²) in [6.07, 6.45) is 3.61. The van der Waals surface area contributed by atoms with Gasteiger partial charge in [0.05, 0.1) is 7.11 Å². The lowest BCUT2D eigenvalue weighted by molar-refractivity contribution is -0.137. The number of aromatic hydroxyl groups is 1. The quantitative estimate of drug-likeness (QED) is 0.864. The molecule has 5 heteroatoms. The van der Waals surface area contributed by atoms with Crippen LogP contribution in [-0.4, -0.2) is 44.8 Å². The second-order valence-corrected chi connectivity index (χ2v) is 7.00. The Labute approximate surface area is 143 Å². The van der Waals surface area contributed by atoms with Gasteiger partial charge in [0, 0.05) is 24.5 Å². The van der Waals surface area contributed by atoms with Crippen molar-refractivity contribution < 1.29 is 19.4 Å². The van der Waals surface area contributed by atoms with Gasteiger partial charge in [-0.25, -0.2) is 0 Å². The van der Waals surface area contributed by atoms with Gasteiger partial charge in [-0.1, -0.05) is 6.07 Å². The molecule has 0 amide bonds. The Morgan fingerprint density at radius 3 is 2.83 bits per heavy atom. The molecule has 2 aliphatic rings. The fourth-order valence-electron chi connectivity index (χ4n) is 4.74. The van der Waals surface area contributed by atoms with E-state index in [-0.39, 0.29) is 23.1 Å². The summed E-state index contributed by atoms with van der Waals surface area (Å²) in [4.78, 5) is 12.7. The second-order valence-electron chi connectivity index (χ2n) is 7.00. The monoisotopic (exact) mass is 333 g/mol. The third-order valence-electron chi connectivity index (χ3n) is 5.94. The van der Waals surface area contributed by atoms with Crippen molar-refractivity contribution in [1.82, 2.24) is 5.32 Å². The number of fused-ring (bicyclic) bond motifs is 3. The fraction of sp³-hybridized carbons (Fsp3) is 0.632. The van der Waals surface area contributed by atoms with E-state index < -0.39 is 0 Å². The van der Waals surface area contributed by atoms with Crippen molar-refractivity contribution in [3.63, 3.8) is 0 Å². The predicted molar refractivity (Wildman–Crippen MR) is 91.7 cm³/mol. The van der Waals surface area contributed by atoms with Crippen molar-refractivity contribution in [3.05, 3.63) is 23.3 Å². The average molecular weight is 333 g/mol. The minimum absolute atomic E-state index is 0.139. The molecule has 0 aromatic heterocycles. The number of ether oxygens (including phenoxy) is 2. The molecular formula is C19H27NO4. The summed E-state index contributed by atoms with van der Waals surface area (Å²) >= 11 is 0. The number of hydrogen-bond acceptors (Lipinski definition) is 5. The zero-order valence-corrected chi connectivity index (χ0v) is 14.7. The van der Waals surface area contributed by atoms with E-state index in [4.69, 9.17) is 9.47 Å². The van der Waals surface area contributed by atoms with Crippen LogP contribution in [0.2, 0.25) is 0 Å². The summed E-state index contributed by atoms with van der Waals surface area (Å²) < 4.78 is 10.7. The maximum absolute atomic E-state index is 12.7. The normalized spacial score (nSPS) is 29.0. The molecule has 1 fully saturated rings. The molecular weight excluding hydrogens is 306 g/mol. The van der Waals surface area contributed by atoms with Gasteiger partial charge in [-0.2, -0.15) is 0 Å². The number of methoxy groups -OCH3 is 2. The third kappa shape index (κ3) is 2.60. The Morgan fingerprint density at radius 1 is 1.38 bits per heavy atom. The zero-order chi connectivity index (χ0) is 17.3. The number of aryl methyl sites for hydroxylation is 1. The van der Waals surface area contributed by atoms with Gasteiger partial charge < -0.3 is 19.9 Å². The summed E-state index contributed by atoms with van der Waals surface area (Å²) in [7, 11) is 5.10. The molecule has 1 saturated carbocycles. The van der Waals surface area contributed by atoms with E-state index in [1.165, 1.54) is 0 Å². The number of Topliss-reactive ketones (excluding diaryl/α,β-unsaturated/α-hetero) is 1. The van der Waals surface area contributed by atoms with Gasteiger partial charge in [0.25, 0.3) is 0 Å². The van der Waals surface area contributed by atoms with Crippen LogP contribution in [-0.2, 0) is 21.4 Å². The summed E-state index contributed by atoms with van der Waals surface area (Å²) in [5.41, 5.74) is 1.74. The molecule has 0 heterocycles. The number of benzene rings is 1. The number of carbonyl (C=O) groups excluding carboxylic acids is 1. The van der Waals surface area contributed by atoms with Gasteiger partial charge in [0.15, 0.2) is 17.3 Å². The highest BCUT2D eigenvalue weighted by molar-refractivity contribution is 5.86. The topological polar surface area (TPSA) is 67.8 Å². The molecule has 0 spiro atoms. The largest absolute Gasteiger partial charge is 0.504 e. The summed E-state index contributed by atoms with van der Waals surface area (Å²) in [6.45, 7) is 0.803. The van der Waals surface area contributed by atoms with E-state index in [0.717, 1.165) is 43.4 Å². The van der Waals surface area contributed by atoms with E-state index in [1.54, 1.807) is 14.2 Å². The molecule has 2 aliphatic carbocycles. The standard InChI is InChI=1S/C19H27NO4/c1-20-9-8-19-11-14(21)16(24-3)10-13(19)6-4-12-5-7-15(23-2)18(22)17(12)19/h5,7,13,16,20,22H,4,6,8-11H2,1-3H3/t13?,16?,19-/m1/s1. The first kappa shape index (κ1) is 17.2. The molecule has 1 aromatic carbocycles. The van der Waals surface area contributed by atoms with Crippen LogP contribution in [0, 0.1) is 5.92 Å². The fourth-order valence-corrected chi connectivity index (χ4v) is 4.74. The van der Waals surface area contributed by atoms with Crippen LogP contribution in [0.15, 0.2) is 12.1 Å². The summed E-state index contributed by atoms with van der Waals surface area (Å²) in [6, 6.07) is 3.86. The maximum atomic E-state index is 12.7. The molecule has 132 valence electrons. The highest BCUT2D eigenvalue weighted by Gasteiger charge is 2.52. The zero-order valence-electron chi connectivity index (χ0n) is 14.7. The summed E-state index contributed by atoms with van der Waals surface area (Å²) in [5.74, 6) is 1.16. The van der Waals surface area contributed by atoms with Crippen molar-refractivity contribution in [3.8, 4) is 11.5 Å². The van der Waals surface area contributed by atoms with Gasteiger partial charge in [-0.15, -0.1) is 0 Å². The molecule has 0 radical (unpaired) electrons. The highest BCUT2D eigenvalue weighted by atomic mass is 16.5. The Morgan fingerprint density at radius 2 is 2.17 bits per heavy atom. The van der Waals surface area contributed by atoms with Gasteiger partial charge in [-0.05, 0) is 56.8 Å². The molecule has 1 aromatic rings. The lowest BCUT2D eigenvalue weighted by Crippen LogP contribution is -2.51. The summed E-state index contributed by atoms with van der Waals surface area (Å²) in [5, 5.41) is 14.1. The third-order valence-corrected chi connectivity index (χ3v) is 5.94. The number of carbonyl (C=O) groups is 1. The molecule has 2 unspecified atom stereocenters. The number of ketones is 1. The SMILES string of the molecule is CNCC[C@@]12CC(=O)C(OC)CC1CCc1ccc(OC)c(O)c12. The Kier molecular flexibility index (Phi) is 4.83. The van der Waals surface area contributed by atoms with Crippen LogP contribution in [0.1, 0.15) is 36.8 Å². The minimum atomic E-state index is -0.332. The Hall–Kier alpha value is -1.59. The van der Waals surface area contributed by atoms with Crippen LogP contribution in [0.5, 0.6) is 11.5 Å².